The first-order valence-corrected chi connectivity index (χ1v) is 7.80. The molecule has 5 heteroatoms. The van der Waals surface area contributed by atoms with Crippen LogP contribution >= 0.6 is 11.3 Å². The monoisotopic (exact) mass is 285 g/mol. The zero-order valence-corrected chi connectivity index (χ0v) is 13.6. The van der Waals surface area contributed by atoms with Crippen molar-refractivity contribution in [3.8, 4) is 0 Å². The summed E-state index contributed by atoms with van der Waals surface area (Å²) >= 11 is 1.79. The van der Waals surface area contributed by atoms with Crippen molar-refractivity contribution in [3.05, 3.63) is 10.6 Å². The van der Waals surface area contributed by atoms with Gasteiger partial charge in [-0.05, 0) is 20.3 Å². The third-order valence-electron chi connectivity index (χ3n) is 3.32. The van der Waals surface area contributed by atoms with E-state index in [0.29, 0.717) is 6.04 Å². The van der Waals surface area contributed by atoms with Crippen molar-refractivity contribution in [1.82, 2.24) is 10.3 Å². The molecule has 4 nitrogen and oxygen atoms in total. The topological polar surface area (TPSA) is 37.4 Å². The minimum atomic E-state index is 0.546. The van der Waals surface area contributed by atoms with Gasteiger partial charge in [-0.15, -0.1) is 11.3 Å². The molecule has 1 N–H and O–H groups in total. The Bertz CT molecular complexity index is 368. The van der Waals surface area contributed by atoms with Gasteiger partial charge in [0.2, 0.25) is 0 Å². The zero-order valence-electron chi connectivity index (χ0n) is 12.8. The molecule has 1 unspecified atom stereocenters. The van der Waals surface area contributed by atoms with Crippen LogP contribution in [-0.4, -0.2) is 38.3 Å². The Morgan fingerprint density at radius 1 is 1.47 bits per heavy atom. The van der Waals surface area contributed by atoms with Crippen molar-refractivity contribution in [2.75, 3.05) is 32.2 Å². The van der Waals surface area contributed by atoms with Crippen LogP contribution in [0.4, 0.5) is 5.13 Å². The summed E-state index contributed by atoms with van der Waals surface area (Å²) in [5.41, 5.74) is 1.14. The van der Waals surface area contributed by atoms with Gasteiger partial charge in [-0.2, -0.15) is 0 Å². The molecule has 0 aliphatic carbocycles. The maximum absolute atomic E-state index is 5.03. The van der Waals surface area contributed by atoms with E-state index in [2.05, 4.69) is 43.0 Å². The average molecular weight is 285 g/mol. The molecule has 1 aromatic heterocycles. The van der Waals surface area contributed by atoms with Gasteiger partial charge in [-0.3, -0.25) is 0 Å². The zero-order chi connectivity index (χ0) is 14.3. The van der Waals surface area contributed by atoms with Gasteiger partial charge in [-0.25, -0.2) is 4.98 Å². The predicted octanol–water partition coefficient (Wildman–Crippen LogP) is 2.81. The first-order valence-electron chi connectivity index (χ1n) is 6.98. The molecule has 0 radical (unpaired) electrons. The van der Waals surface area contributed by atoms with Crippen LogP contribution in [0.25, 0.3) is 0 Å². The summed E-state index contributed by atoms with van der Waals surface area (Å²) in [6.07, 6.45) is 2.41. The van der Waals surface area contributed by atoms with E-state index in [4.69, 9.17) is 4.74 Å². The van der Waals surface area contributed by atoms with Crippen molar-refractivity contribution in [1.29, 1.82) is 0 Å². The fourth-order valence-corrected chi connectivity index (χ4v) is 3.00. The van der Waals surface area contributed by atoms with E-state index >= 15 is 0 Å². The summed E-state index contributed by atoms with van der Waals surface area (Å²) in [7, 11) is 3.86. The molecule has 0 aromatic carbocycles. The van der Waals surface area contributed by atoms with Crippen molar-refractivity contribution in [3.63, 3.8) is 0 Å². The average Bonchev–Trinajstić information content (AvgIpc) is 2.75. The van der Waals surface area contributed by atoms with E-state index in [1.165, 1.54) is 17.7 Å². The molecule has 1 heterocycles. The molecule has 0 amide bonds. The molecule has 0 saturated carbocycles. The minimum Gasteiger partial charge on any atom is -0.383 e. The van der Waals surface area contributed by atoms with Crippen LogP contribution in [-0.2, 0) is 11.3 Å². The number of ether oxygens (including phenoxy) is 1. The number of anilines is 1. The standard InChI is InChI=1S/C14H27N3OS/c1-6-7-11(2)17(4)14-16-12(3)13(19-14)10-15-8-9-18-5/h11,15H,6-10H2,1-5H3. The third-order valence-corrected chi connectivity index (χ3v) is 4.57. The summed E-state index contributed by atoms with van der Waals surface area (Å²) in [6, 6.07) is 0.546. The second kappa shape index (κ2) is 8.51. The number of aromatic nitrogens is 1. The Hall–Kier alpha value is -0.650. The Balaban J connectivity index is 2.57. The lowest BCUT2D eigenvalue weighted by Crippen LogP contribution is -2.28. The number of rotatable bonds is 9. The van der Waals surface area contributed by atoms with E-state index in [1.54, 1.807) is 18.4 Å². The molecule has 1 aromatic rings. The molecule has 0 bridgehead atoms. The van der Waals surface area contributed by atoms with Gasteiger partial charge < -0.3 is 15.0 Å². The van der Waals surface area contributed by atoms with Crippen molar-refractivity contribution < 1.29 is 4.74 Å². The largest absolute Gasteiger partial charge is 0.383 e. The van der Waals surface area contributed by atoms with Crippen molar-refractivity contribution in [2.45, 2.75) is 46.2 Å². The number of methoxy groups -OCH3 is 1. The Morgan fingerprint density at radius 2 is 2.21 bits per heavy atom. The van der Waals surface area contributed by atoms with Crippen LogP contribution in [0, 0.1) is 6.92 Å². The van der Waals surface area contributed by atoms with E-state index in [-0.39, 0.29) is 0 Å². The molecule has 0 spiro atoms. The fraction of sp³-hybridized carbons (Fsp3) is 0.786. The van der Waals surface area contributed by atoms with Crippen LogP contribution < -0.4 is 10.2 Å². The molecule has 0 fully saturated rings. The fourth-order valence-electron chi connectivity index (χ4n) is 1.90. The second-order valence-electron chi connectivity index (χ2n) is 4.92. The van der Waals surface area contributed by atoms with Gasteiger partial charge >= 0.3 is 0 Å². The molecule has 1 rings (SSSR count). The molecule has 0 saturated heterocycles. The summed E-state index contributed by atoms with van der Waals surface area (Å²) in [6.45, 7) is 9.08. The lowest BCUT2D eigenvalue weighted by molar-refractivity contribution is 0.199. The molecule has 0 aliphatic rings. The molecular weight excluding hydrogens is 258 g/mol. The smallest absolute Gasteiger partial charge is 0.185 e. The van der Waals surface area contributed by atoms with Crippen molar-refractivity contribution in [2.24, 2.45) is 0 Å². The number of nitrogens with one attached hydrogen (secondary N) is 1. The van der Waals surface area contributed by atoms with E-state index < -0.39 is 0 Å². The van der Waals surface area contributed by atoms with Gasteiger partial charge in [0.15, 0.2) is 5.13 Å². The number of hydrogen-bond donors (Lipinski definition) is 1. The molecule has 110 valence electrons. The highest BCUT2D eigenvalue weighted by Gasteiger charge is 2.15. The van der Waals surface area contributed by atoms with Gasteiger partial charge in [0.25, 0.3) is 0 Å². The minimum absolute atomic E-state index is 0.546. The van der Waals surface area contributed by atoms with E-state index in [0.717, 1.165) is 30.5 Å². The summed E-state index contributed by atoms with van der Waals surface area (Å²) < 4.78 is 5.03. The first kappa shape index (κ1) is 16.4. The highest BCUT2D eigenvalue weighted by molar-refractivity contribution is 7.15. The maximum Gasteiger partial charge on any atom is 0.185 e. The van der Waals surface area contributed by atoms with Crippen LogP contribution in [0.1, 0.15) is 37.3 Å². The summed E-state index contributed by atoms with van der Waals surface area (Å²) in [5.74, 6) is 0. The Morgan fingerprint density at radius 3 is 2.84 bits per heavy atom. The van der Waals surface area contributed by atoms with Crippen LogP contribution in [0.15, 0.2) is 0 Å². The highest BCUT2D eigenvalue weighted by atomic mass is 32.1. The predicted molar refractivity (Wildman–Crippen MR) is 83.2 cm³/mol. The van der Waals surface area contributed by atoms with Crippen LogP contribution in [0.5, 0.6) is 0 Å². The number of nitrogens with zero attached hydrogens (tertiary/aromatic N) is 2. The van der Waals surface area contributed by atoms with Crippen molar-refractivity contribution >= 4 is 16.5 Å². The summed E-state index contributed by atoms with van der Waals surface area (Å²) in [5, 5.41) is 4.50. The second-order valence-corrected chi connectivity index (χ2v) is 5.99. The number of hydrogen-bond acceptors (Lipinski definition) is 5. The Kier molecular flexibility index (Phi) is 7.34. The third kappa shape index (κ3) is 5.09. The van der Waals surface area contributed by atoms with Gasteiger partial charge in [-0.1, -0.05) is 13.3 Å². The number of thiazole rings is 1. The SMILES string of the molecule is CCCC(C)N(C)c1nc(C)c(CNCCOC)s1. The van der Waals surface area contributed by atoms with Crippen LogP contribution in [0.3, 0.4) is 0 Å². The highest BCUT2D eigenvalue weighted by Crippen LogP contribution is 2.27. The molecule has 1 atom stereocenters. The van der Waals surface area contributed by atoms with Crippen LogP contribution in [0.2, 0.25) is 0 Å². The lowest BCUT2D eigenvalue weighted by atomic mass is 10.2. The maximum atomic E-state index is 5.03. The molecular formula is C14H27N3OS. The van der Waals surface area contributed by atoms with E-state index in [9.17, 15) is 0 Å². The first-order chi connectivity index (χ1) is 9.10. The normalized spacial score (nSPS) is 12.7. The van der Waals surface area contributed by atoms with E-state index in [1.807, 2.05) is 0 Å². The molecule has 0 aliphatic heterocycles. The lowest BCUT2D eigenvalue weighted by Gasteiger charge is -2.23. The van der Waals surface area contributed by atoms with Gasteiger partial charge in [0.05, 0.1) is 12.3 Å². The number of aryl methyl sites for hydroxylation is 1. The molecule has 19 heavy (non-hydrogen) atoms. The quantitative estimate of drug-likeness (QED) is 0.708. The summed E-state index contributed by atoms with van der Waals surface area (Å²) in [4.78, 5) is 8.30. The van der Waals surface area contributed by atoms with Gasteiger partial charge in [0.1, 0.15) is 0 Å². The Labute approximate surface area is 121 Å². The van der Waals surface area contributed by atoms with Gasteiger partial charge in [0, 0.05) is 38.2 Å².